The van der Waals surface area contributed by atoms with Crippen LogP contribution in [0.5, 0.6) is 0 Å². The Morgan fingerprint density at radius 3 is 2.38 bits per heavy atom. The van der Waals surface area contributed by atoms with Gasteiger partial charge in [-0.05, 0) is 49.4 Å². The first-order valence-electron chi connectivity index (χ1n) is 6.45. The molecule has 0 aliphatic rings. The maximum absolute atomic E-state index is 13.3. The molecule has 2 aromatic rings. The predicted octanol–water partition coefficient (Wildman–Crippen LogP) is 2.65. The van der Waals surface area contributed by atoms with Gasteiger partial charge in [-0.1, -0.05) is 18.2 Å². The average molecular weight is 308 g/mol. The van der Waals surface area contributed by atoms with Crippen LogP contribution in [0.25, 0.3) is 0 Å². The molecule has 112 valence electrons. The molecule has 4 nitrogen and oxygen atoms in total. The molecule has 0 spiro atoms. The van der Waals surface area contributed by atoms with E-state index >= 15 is 0 Å². The first kappa shape index (κ1) is 15.5. The van der Waals surface area contributed by atoms with E-state index in [9.17, 15) is 12.8 Å². The van der Waals surface area contributed by atoms with E-state index in [4.69, 9.17) is 0 Å². The topological polar surface area (TPSA) is 58.2 Å². The monoisotopic (exact) mass is 308 g/mol. The molecule has 0 saturated heterocycles. The van der Waals surface area contributed by atoms with Gasteiger partial charge < -0.3 is 5.32 Å². The molecule has 0 bridgehead atoms. The van der Waals surface area contributed by atoms with Crippen LogP contribution in [-0.4, -0.2) is 15.5 Å². The maximum atomic E-state index is 13.3. The SMILES string of the molecule is CNCc1ccc(NS(=O)(=O)c2cc(F)ccc2C)cc1. The Labute approximate surface area is 124 Å². The minimum Gasteiger partial charge on any atom is -0.316 e. The van der Waals surface area contributed by atoms with Crippen molar-refractivity contribution in [3.8, 4) is 0 Å². The zero-order valence-electron chi connectivity index (χ0n) is 11.9. The van der Waals surface area contributed by atoms with Crippen LogP contribution >= 0.6 is 0 Å². The summed E-state index contributed by atoms with van der Waals surface area (Å²) in [5.41, 5.74) is 1.98. The molecule has 6 heteroatoms. The van der Waals surface area contributed by atoms with Gasteiger partial charge in [-0.25, -0.2) is 12.8 Å². The van der Waals surface area contributed by atoms with Gasteiger partial charge in [0.15, 0.2) is 0 Å². The summed E-state index contributed by atoms with van der Waals surface area (Å²) in [4.78, 5) is -0.0539. The summed E-state index contributed by atoms with van der Waals surface area (Å²) in [6.45, 7) is 2.33. The summed E-state index contributed by atoms with van der Waals surface area (Å²) in [6, 6.07) is 10.7. The first-order chi connectivity index (χ1) is 9.92. The van der Waals surface area contributed by atoms with Crippen molar-refractivity contribution in [1.29, 1.82) is 0 Å². The molecule has 0 aliphatic heterocycles. The number of hydrogen-bond acceptors (Lipinski definition) is 3. The van der Waals surface area contributed by atoms with E-state index in [0.29, 0.717) is 17.8 Å². The highest BCUT2D eigenvalue weighted by atomic mass is 32.2. The molecule has 0 amide bonds. The van der Waals surface area contributed by atoms with Crippen LogP contribution in [0.2, 0.25) is 0 Å². The van der Waals surface area contributed by atoms with Crippen molar-refractivity contribution in [1.82, 2.24) is 5.32 Å². The van der Waals surface area contributed by atoms with E-state index in [1.807, 2.05) is 19.2 Å². The van der Waals surface area contributed by atoms with Crippen LogP contribution in [0.15, 0.2) is 47.4 Å². The largest absolute Gasteiger partial charge is 0.316 e. The minimum absolute atomic E-state index is 0.0539. The van der Waals surface area contributed by atoms with Gasteiger partial charge in [0.2, 0.25) is 0 Å². The molecule has 2 rings (SSSR count). The molecule has 0 aromatic heterocycles. The van der Waals surface area contributed by atoms with Gasteiger partial charge in [-0.2, -0.15) is 0 Å². The lowest BCUT2D eigenvalue weighted by Gasteiger charge is -2.11. The lowest BCUT2D eigenvalue weighted by atomic mass is 10.2. The second-order valence-corrected chi connectivity index (χ2v) is 6.39. The Balaban J connectivity index is 2.26. The minimum atomic E-state index is -3.80. The fraction of sp³-hybridized carbons (Fsp3) is 0.200. The van der Waals surface area contributed by atoms with Crippen LogP contribution < -0.4 is 10.0 Å². The molecule has 0 saturated carbocycles. The van der Waals surface area contributed by atoms with Gasteiger partial charge in [0.1, 0.15) is 5.82 Å². The number of nitrogens with one attached hydrogen (secondary N) is 2. The summed E-state index contributed by atoms with van der Waals surface area (Å²) >= 11 is 0. The highest BCUT2D eigenvalue weighted by Crippen LogP contribution is 2.20. The third kappa shape index (κ3) is 3.80. The van der Waals surface area contributed by atoms with E-state index in [1.165, 1.54) is 12.1 Å². The maximum Gasteiger partial charge on any atom is 0.262 e. The highest BCUT2D eigenvalue weighted by Gasteiger charge is 2.17. The van der Waals surface area contributed by atoms with Gasteiger partial charge in [-0.3, -0.25) is 4.72 Å². The number of rotatable bonds is 5. The van der Waals surface area contributed by atoms with E-state index < -0.39 is 15.8 Å². The molecule has 0 aliphatic carbocycles. The van der Waals surface area contributed by atoms with Crippen molar-refractivity contribution >= 4 is 15.7 Å². The Morgan fingerprint density at radius 2 is 1.76 bits per heavy atom. The quantitative estimate of drug-likeness (QED) is 0.893. The Kier molecular flexibility index (Phi) is 4.59. The smallest absolute Gasteiger partial charge is 0.262 e. The number of sulfonamides is 1. The first-order valence-corrected chi connectivity index (χ1v) is 7.93. The number of aryl methyl sites for hydroxylation is 1. The Hall–Kier alpha value is -1.92. The molecule has 0 fully saturated rings. The van der Waals surface area contributed by atoms with E-state index in [2.05, 4.69) is 10.0 Å². The van der Waals surface area contributed by atoms with Crippen LogP contribution in [0.4, 0.5) is 10.1 Å². The van der Waals surface area contributed by atoms with Crippen LogP contribution in [0, 0.1) is 12.7 Å². The standard InChI is InChI=1S/C15H17FN2O2S/c1-11-3-6-13(16)9-15(11)21(19,20)18-14-7-4-12(5-8-14)10-17-2/h3-9,17-18H,10H2,1-2H3. The summed E-state index contributed by atoms with van der Waals surface area (Å²) < 4.78 is 40.3. The van der Waals surface area contributed by atoms with Crippen LogP contribution in [-0.2, 0) is 16.6 Å². The van der Waals surface area contributed by atoms with Gasteiger partial charge >= 0.3 is 0 Å². The van der Waals surface area contributed by atoms with Crippen molar-refractivity contribution in [2.75, 3.05) is 11.8 Å². The van der Waals surface area contributed by atoms with Crippen molar-refractivity contribution in [3.05, 3.63) is 59.4 Å². The summed E-state index contributed by atoms with van der Waals surface area (Å²) in [5.74, 6) is -0.578. The predicted molar refractivity (Wildman–Crippen MR) is 81.2 cm³/mol. The zero-order valence-corrected chi connectivity index (χ0v) is 12.7. The summed E-state index contributed by atoms with van der Waals surface area (Å²) in [7, 11) is -1.96. The molecule has 2 aromatic carbocycles. The third-order valence-corrected chi connectivity index (χ3v) is 4.55. The molecule has 0 unspecified atom stereocenters. The fourth-order valence-corrected chi connectivity index (χ4v) is 3.28. The van der Waals surface area contributed by atoms with E-state index in [-0.39, 0.29) is 4.90 Å². The third-order valence-electron chi connectivity index (χ3n) is 3.03. The molecular formula is C15H17FN2O2S. The molecule has 2 N–H and O–H groups in total. The van der Waals surface area contributed by atoms with Crippen molar-refractivity contribution < 1.29 is 12.8 Å². The number of anilines is 1. The van der Waals surface area contributed by atoms with Crippen LogP contribution in [0.3, 0.4) is 0 Å². The lowest BCUT2D eigenvalue weighted by molar-refractivity contribution is 0.594. The molecule has 0 radical (unpaired) electrons. The van der Waals surface area contributed by atoms with Crippen molar-refractivity contribution in [2.45, 2.75) is 18.4 Å². The average Bonchev–Trinajstić information content (AvgIpc) is 2.43. The number of benzene rings is 2. The van der Waals surface area contributed by atoms with E-state index in [0.717, 1.165) is 11.6 Å². The Morgan fingerprint density at radius 1 is 1.10 bits per heavy atom. The Bertz CT molecular complexity index is 728. The normalized spacial score (nSPS) is 11.4. The second-order valence-electron chi connectivity index (χ2n) is 4.74. The van der Waals surface area contributed by atoms with Gasteiger partial charge in [0.25, 0.3) is 10.0 Å². The van der Waals surface area contributed by atoms with Crippen LogP contribution in [0.1, 0.15) is 11.1 Å². The summed E-state index contributed by atoms with van der Waals surface area (Å²) in [5, 5.41) is 3.01. The molecule has 21 heavy (non-hydrogen) atoms. The fourth-order valence-electron chi connectivity index (χ4n) is 1.97. The number of hydrogen-bond donors (Lipinski definition) is 2. The molecular weight excluding hydrogens is 291 g/mol. The molecule has 0 atom stereocenters. The molecule has 0 heterocycles. The summed E-state index contributed by atoms with van der Waals surface area (Å²) in [6.07, 6.45) is 0. The number of halogens is 1. The zero-order chi connectivity index (χ0) is 15.5. The van der Waals surface area contributed by atoms with Gasteiger partial charge in [0.05, 0.1) is 4.90 Å². The van der Waals surface area contributed by atoms with E-state index in [1.54, 1.807) is 19.1 Å². The van der Waals surface area contributed by atoms with Crippen molar-refractivity contribution in [2.24, 2.45) is 0 Å². The van der Waals surface area contributed by atoms with Gasteiger partial charge in [-0.15, -0.1) is 0 Å². The van der Waals surface area contributed by atoms with Crippen molar-refractivity contribution in [3.63, 3.8) is 0 Å². The van der Waals surface area contributed by atoms with Gasteiger partial charge in [0, 0.05) is 12.2 Å². The second kappa shape index (κ2) is 6.24. The lowest BCUT2D eigenvalue weighted by Crippen LogP contribution is -2.14. The highest BCUT2D eigenvalue weighted by molar-refractivity contribution is 7.92.